The minimum atomic E-state index is -0.820. The summed E-state index contributed by atoms with van der Waals surface area (Å²) >= 11 is 4.79. The molecule has 17 heavy (non-hydrogen) atoms. The highest BCUT2D eigenvalue weighted by Gasteiger charge is 2.20. The van der Waals surface area contributed by atoms with E-state index in [4.69, 9.17) is 0 Å². The van der Waals surface area contributed by atoms with Crippen LogP contribution in [0.15, 0.2) is 15.5 Å². The molecule has 1 aromatic rings. The Balaban J connectivity index is 2.77. The van der Waals surface area contributed by atoms with E-state index in [1.165, 1.54) is 4.68 Å². The zero-order valence-corrected chi connectivity index (χ0v) is 12.4. The van der Waals surface area contributed by atoms with Crippen molar-refractivity contribution in [3.63, 3.8) is 0 Å². The minimum absolute atomic E-state index is 0.209. The Labute approximate surface area is 113 Å². The fourth-order valence-electron chi connectivity index (χ4n) is 1.28. The number of aliphatic hydroxyl groups is 1. The minimum Gasteiger partial charge on any atom is -0.387 e. The number of aryl methyl sites for hydroxylation is 1. The number of halogens is 1. The Morgan fingerprint density at radius 2 is 2.35 bits per heavy atom. The van der Waals surface area contributed by atoms with Gasteiger partial charge in [0, 0.05) is 19.3 Å². The third-order valence-corrected chi connectivity index (χ3v) is 3.87. The van der Waals surface area contributed by atoms with Crippen LogP contribution in [0.5, 0.6) is 0 Å². The lowest BCUT2D eigenvalue weighted by atomic mass is 10.1. The van der Waals surface area contributed by atoms with Crippen LogP contribution >= 0.6 is 27.7 Å². The Kier molecular flexibility index (Phi) is 5.03. The molecule has 0 saturated carbocycles. The standard InChI is InChI=1S/C10H16BrN3O2S/c1-10(16,6-17-3)5-12-7-4-13-14(2)9(15)8(7)11/h4,12,16H,5-6H2,1-3H3. The molecule has 2 N–H and O–H groups in total. The molecular weight excluding hydrogens is 306 g/mol. The van der Waals surface area contributed by atoms with E-state index in [2.05, 4.69) is 26.3 Å². The largest absolute Gasteiger partial charge is 0.387 e. The van der Waals surface area contributed by atoms with Gasteiger partial charge in [0.05, 0.1) is 17.5 Å². The molecule has 5 nitrogen and oxygen atoms in total. The normalized spacial score (nSPS) is 14.4. The Morgan fingerprint density at radius 1 is 1.71 bits per heavy atom. The number of nitrogens with zero attached hydrogens (tertiary/aromatic N) is 2. The topological polar surface area (TPSA) is 67.2 Å². The molecule has 1 unspecified atom stereocenters. The van der Waals surface area contributed by atoms with Crippen molar-refractivity contribution in [3.8, 4) is 0 Å². The molecule has 1 aromatic heterocycles. The third kappa shape index (κ3) is 4.01. The first-order valence-electron chi connectivity index (χ1n) is 5.04. The summed E-state index contributed by atoms with van der Waals surface area (Å²) in [6.45, 7) is 2.11. The van der Waals surface area contributed by atoms with E-state index in [9.17, 15) is 9.90 Å². The molecule has 1 atom stereocenters. The molecule has 0 amide bonds. The van der Waals surface area contributed by atoms with Gasteiger partial charge in [0.2, 0.25) is 0 Å². The Bertz CT molecular complexity index is 448. The van der Waals surface area contributed by atoms with E-state index in [1.807, 2.05) is 6.26 Å². The predicted molar refractivity (Wildman–Crippen MR) is 74.7 cm³/mol. The maximum Gasteiger partial charge on any atom is 0.282 e. The van der Waals surface area contributed by atoms with Crippen LogP contribution in [0.4, 0.5) is 5.69 Å². The lowest BCUT2D eigenvalue weighted by Gasteiger charge is -2.23. The summed E-state index contributed by atoms with van der Waals surface area (Å²) < 4.78 is 1.67. The van der Waals surface area contributed by atoms with Gasteiger partial charge in [-0.25, -0.2) is 4.68 Å². The summed E-state index contributed by atoms with van der Waals surface area (Å²) in [5.74, 6) is 0.621. The third-order valence-electron chi connectivity index (χ3n) is 2.19. The number of anilines is 1. The number of hydrogen-bond acceptors (Lipinski definition) is 5. The second kappa shape index (κ2) is 5.88. The van der Waals surface area contributed by atoms with E-state index in [-0.39, 0.29) is 5.56 Å². The van der Waals surface area contributed by atoms with Crippen molar-refractivity contribution in [2.75, 3.05) is 23.9 Å². The van der Waals surface area contributed by atoms with E-state index in [0.717, 1.165) is 0 Å². The first-order valence-corrected chi connectivity index (χ1v) is 7.23. The lowest BCUT2D eigenvalue weighted by molar-refractivity contribution is 0.0997. The molecule has 0 aliphatic rings. The van der Waals surface area contributed by atoms with Crippen LogP contribution in [-0.2, 0) is 7.05 Å². The van der Waals surface area contributed by atoms with Crippen molar-refractivity contribution in [3.05, 3.63) is 21.0 Å². The summed E-state index contributed by atoms with van der Waals surface area (Å²) in [4.78, 5) is 11.6. The van der Waals surface area contributed by atoms with E-state index in [1.54, 1.807) is 31.9 Å². The van der Waals surface area contributed by atoms with Crippen molar-refractivity contribution in [2.24, 2.45) is 7.05 Å². The van der Waals surface area contributed by atoms with Gasteiger partial charge >= 0.3 is 0 Å². The summed E-state index contributed by atoms with van der Waals surface area (Å²) in [5.41, 5.74) is -0.436. The summed E-state index contributed by atoms with van der Waals surface area (Å²) in [5, 5.41) is 16.9. The zero-order valence-electron chi connectivity index (χ0n) is 10.0. The van der Waals surface area contributed by atoms with Crippen molar-refractivity contribution in [2.45, 2.75) is 12.5 Å². The summed E-state index contributed by atoms with van der Waals surface area (Å²) in [6, 6.07) is 0. The van der Waals surface area contributed by atoms with E-state index in [0.29, 0.717) is 22.5 Å². The van der Waals surface area contributed by atoms with Crippen LogP contribution in [0, 0.1) is 0 Å². The Hall–Kier alpha value is -0.530. The number of hydrogen-bond donors (Lipinski definition) is 2. The monoisotopic (exact) mass is 321 g/mol. The van der Waals surface area contributed by atoms with Crippen molar-refractivity contribution < 1.29 is 5.11 Å². The summed E-state index contributed by atoms with van der Waals surface area (Å²) in [7, 11) is 1.58. The van der Waals surface area contributed by atoms with Gasteiger partial charge in [0.25, 0.3) is 5.56 Å². The molecule has 0 bridgehead atoms. The molecule has 7 heteroatoms. The fraction of sp³-hybridized carbons (Fsp3) is 0.600. The maximum atomic E-state index is 11.6. The quantitative estimate of drug-likeness (QED) is 0.849. The number of aromatic nitrogens is 2. The lowest BCUT2D eigenvalue weighted by Crippen LogP contribution is -2.36. The molecule has 0 fully saturated rings. The van der Waals surface area contributed by atoms with Gasteiger partial charge in [-0.05, 0) is 29.1 Å². The average molecular weight is 322 g/mol. The van der Waals surface area contributed by atoms with Crippen LogP contribution in [0.2, 0.25) is 0 Å². The molecular formula is C10H16BrN3O2S. The van der Waals surface area contributed by atoms with Gasteiger partial charge in [-0.15, -0.1) is 0 Å². The molecule has 0 radical (unpaired) electrons. The first-order chi connectivity index (χ1) is 7.87. The maximum absolute atomic E-state index is 11.6. The second-order valence-electron chi connectivity index (χ2n) is 4.08. The molecule has 0 spiro atoms. The second-order valence-corrected chi connectivity index (χ2v) is 5.74. The first kappa shape index (κ1) is 14.5. The highest BCUT2D eigenvalue weighted by atomic mass is 79.9. The van der Waals surface area contributed by atoms with Crippen LogP contribution in [0.3, 0.4) is 0 Å². The molecule has 1 heterocycles. The van der Waals surface area contributed by atoms with Crippen molar-refractivity contribution in [1.82, 2.24) is 9.78 Å². The van der Waals surface area contributed by atoms with Crippen molar-refractivity contribution >= 4 is 33.4 Å². The van der Waals surface area contributed by atoms with Crippen LogP contribution in [0.25, 0.3) is 0 Å². The number of rotatable bonds is 5. The highest BCUT2D eigenvalue weighted by molar-refractivity contribution is 9.10. The van der Waals surface area contributed by atoms with E-state index >= 15 is 0 Å². The zero-order chi connectivity index (χ0) is 13.1. The molecule has 0 aliphatic heterocycles. The predicted octanol–water partition coefficient (Wildman–Crippen LogP) is 1.07. The van der Waals surface area contributed by atoms with Crippen molar-refractivity contribution in [1.29, 1.82) is 0 Å². The molecule has 1 rings (SSSR count). The smallest absolute Gasteiger partial charge is 0.282 e. The fourth-order valence-corrected chi connectivity index (χ4v) is 2.50. The van der Waals surface area contributed by atoms with E-state index < -0.39 is 5.60 Å². The van der Waals surface area contributed by atoms with Gasteiger partial charge < -0.3 is 10.4 Å². The average Bonchev–Trinajstić information content (AvgIpc) is 2.25. The van der Waals surface area contributed by atoms with Crippen LogP contribution in [0.1, 0.15) is 6.92 Å². The van der Waals surface area contributed by atoms with Crippen LogP contribution < -0.4 is 10.9 Å². The molecule has 0 aromatic carbocycles. The van der Waals surface area contributed by atoms with Gasteiger partial charge in [-0.2, -0.15) is 16.9 Å². The van der Waals surface area contributed by atoms with Crippen LogP contribution in [-0.4, -0.2) is 39.0 Å². The van der Waals surface area contributed by atoms with Gasteiger partial charge in [0.15, 0.2) is 0 Å². The van der Waals surface area contributed by atoms with Gasteiger partial charge in [0.1, 0.15) is 4.47 Å². The Morgan fingerprint density at radius 3 is 2.94 bits per heavy atom. The van der Waals surface area contributed by atoms with Gasteiger partial charge in [-0.3, -0.25) is 4.79 Å². The highest BCUT2D eigenvalue weighted by Crippen LogP contribution is 2.18. The molecule has 0 aliphatic carbocycles. The number of thioether (sulfide) groups is 1. The SMILES string of the molecule is CSCC(C)(O)CNc1cnn(C)c(=O)c1Br. The van der Waals surface area contributed by atoms with Gasteiger partial charge in [-0.1, -0.05) is 0 Å². The summed E-state index contributed by atoms with van der Waals surface area (Å²) in [6.07, 6.45) is 3.49. The molecule has 0 saturated heterocycles. The molecule has 96 valence electrons. The number of nitrogens with one attached hydrogen (secondary N) is 1.